The summed E-state index contributed by atoms with van der Waals surface area (Å²) >= 11 is 0. The summed E-state index contributed by atoms with van der Waals surface area (Å²) in [6, 6.07) is 3.60. The Morgan fingerprint density at radius 1 is 1.35 bits per heavy atom. The van der Waals surface area contributed by atoms with Crippen molar-refractivity contribution >= 4 is 23.8 Å². The Kier molecular flexibility index (Phi) is 5.71. The molecule has 1 aromatic rings. The van der Waals surface area contributed by atoms with Crippen molar-refractivity contribution < 1.29 is 19.5 Å². The number of hydrogen-bond acceptors (Lipinski definition) is 5. The van der Waals surface area contributed by atoms with Crippen LogP contribution in [0.4, 0.5) is 5.69 Å². The number of benzene rings is 1. The van der Waals surface area contributed by atoms with Crippen LogP contribution >= 0.6 is 0 Å². The zero-order valence-electron chi connectivity index (χ0n) is 11.8. The van der Waals surface area contributed by atoms with Gasteiger partial charge in [-0.2, -0.15) is 0 Å². The summed E-state index contributed by atoms with van der Waals surface area (Å²) < 4.78 is 4.91. The fourth-order valence-electron chi connectivity index (χ4n) is 1.79. The molecule has 0 aliphatic carbocycles. The molecule has 0 bridgehead atoms. The summed E-state index contributed by atoms with van der Waals surface area (Å²) in [5.74, 6) is -0.799. The Hall–Kier alpha value is -2.37. The van der Waals surface area contributed by atoms with Crippen molar-refractivity contribution in [1.29, 1.82) is 0 Å². The Morgan fingerprint density at radius 3 is 2.65 bits per heavy atom. The van der Waals surface area contributed by atoms with Gasteiger partial charge in [-0.05, 0) is 43.5 Å². The van der Waals surface area contributed by atoms with Crippen LogP contribution in [0.5, 0.6) is 0 Å². The quantitative estimate of drug-likeness (QED) is 0.372. The van der Waals surface area contributed by atoms with E-state index in [1.165, 1.54) is 0 Å². The molecule has 0 aliphatic rings. The number of rotatable bonds is 5. The molecule has 1 rings (SSSR count). The molecule has 0 aliphatic heterocycles. The van der Waals surface area contributed by atoms with Gasteiger partial charge in [0.2, 0.25) is 0 Å². The van der Waals surface area contributed by atoms with Crippen molar-refractivity contribution in [3.8, 4) is 0 Å². The number of hydrogen-bond donors (Lipinski definition) is 2. The van der Waals surface area contributed by atoms with Crippen LogP contribution in [-0.2, 0) is 20.7 Å². The molecule has 6 nitrogen and oxygen atoms in total. The van der Waals surface area contributed by atoms with Crippen LogP contribution < -0.4 is 5.32 Å². The van der Waals surface area contributed by atoms with Crippen molar-refractivity contribution in [2.45, 2.75) is 27.2 Å². The van der Waals surface area contributed by atoms with E-state index in [-0.39, 0.29) is 12.4 Å². The van der Waals surface area contributed by atoms with Crippen LogP contribution in [-0.4, -0.2) is 29.9 Å². The smallest absolute Gasteiger partial charge is 0.310 e. The second-order valence-electron chi connectivity index (χ2n) is 4.31. The lowest BCUT2D eigenvalue weighted by atomic mass is 10.0. The molecule has 6 heteroatoms. The minimum absolute atomic E-state index is 0.201. The fraction of sp³-hybridized carbons (Fsp3) is 0.357. The van der Waals surface area contributed by atoms with Gasteiger partial charge in [0, 0.05) is 5.69 Å². The summed E-state index contributed by atoms with van der Waals surface area (Å²) in [5.41, 5.74) is 3.16. The Morgan fingerprint density at radius 2 is 2.05 bits per heavy atom. The van der Waals surface area contributed by atoms with E-state index in [1.54, 1.807) is 13.0 Å². The summed E-state index contributed by atoms with van der Waals surface area (Å²) in [4.78, 5) is 22.8. The number of oxime groups is 1. The lowest BCUT2D eigenvalue weighted by Gasteiger charge is -2.12. The van der Waals surface area contributed by atoms with Crippen LogP contribution in [0.1, 0.15) is 23.6 Å². The SMILES string of the molecule is CCOC(=O)Cc1cc(C)c(NC(=O)/C=N/O)cc1C. The minimum Gasteiger partial charge on any atom is -0.466 e. The second kappa shape index (κ2) is 7.28. The molecule has 0 unspecified atom stereocenters. The number of aryl methyl sites for hydroxylation is 2. The number of carbonyl (C=O) groups is 2. The van der Waals surface area contributed by atoms with Crippen molar-refractivity contribution in [2.75, 3.05) is 11.9 Å². The van der Waals surface area contributed by atoms with E-state index in [4.69, 9.17) is 9.94 Å². The molecular formula is C14H18N2O4. The highest BCUT2D eigenvalue weighted by molar-refractivity contribution is 6.31. The second-order valence-corrected chi connectivity index (χ2v) is 4.31. The normalized spacial score (nSPS) is 10.6. The molecule has 0 saturated carbocycles. The van der Waals surface area contributed by atoms with Gasteiger partial charge in [0.05, 0.1) is 13.0 Å². The predicted molar refractivity (Wildman–Crippen MR) is 75.2 cm³/mol. The van der Waals surface area contributed by atoms with E-state index in [0.29, 0.717) is 12.3 Å². The predicted octanol–water partition coefficient (Wildman–Crippen LogP) is 1.81. The highest BCUT2D eigenvalue weighted by Crippen LogP contribution is 2.21. The third-order valence-corrected chi connectivity index (χ3v) is 2.76. The number of carbonyl (C=O) groups excluding carboxylic acids is 2. The maximum absolute atomic E-state index is 11.5. The van der Waals surface area contributed by atoms with Gasteiger partial charge < -0.3 is 15.3 Å². The lowest BCUT2D eigenvalue weighted by Crippen LogP contribution is -2.14. The van der Waals surface area contributed by atoms with Crippen molar-refractivity contribution in [1.82, 2.24) is 0 Å². The Balaban J connectivity index is 2.91. The molecule has 108 valence electrons. The first-order valence-corrected chi connectivity index (χ1v) is 6.22. The molecule has 2 N–H and O–H groups in total. The topological polar surface area (TPSA) is 88.0 Å². The first-order chi connectivity index (χ1) is 9.47. The van der Waals surface area contributed by atoms with Gasteiger partial charge in [0.25, 0.3) is 5.91 Å². The number of esters is 1. The number of nitrogens with zero attached hydrogens (tertiary/aromatic N) is 1. The highest BCUT2D eigenvalue weighted by Gasteiger charge is 2.10. The number of nitrogens with one attached hydrogen (secondary N) is 1. The van der Waals surface area contributed by atoms with Crippen molar-refractivity contribution in [2.24, 2.45) is 5.16 Å². The number of amides is 1. The zero-order valence-corrected chi connectivity index (χ0v) is 11.8. The average molecular weight is 278 g/mol. The van der Waals surface area contributed by atoms with Crippen LogP contribution in [0, 0.1) is 13.8 Å². The molecule has 0 saturated heterocycles. The zero-order chi connectivity index (χ0) is 15.1. The Labute approximate surface area is 117 Å². The lowest BCUT2D eigenvalue weighted by molar-refractivity contribution is -0.142. The van der Waals surface area contributed by atoms with Crippen molar-refractivity contribution in [3.63, 3.8) is 0 Å². The summed E-state index contributed by atoms with van der Waals surface area (Å²) in [7, 11) is 0. The van der Waals surface area contributed by atoms with Gasteiger partial charge in [-0.15, -0.1) is 0 Å². The van der Waals surface area contributed by atoms with Gasteiger partial charge in [-0.25, -0.2) is 0 Å². The maximum atomic E-state index is 11.5. The standard InChI is InChI=1S/C14H18N2O4/c1-4-20-14(18)7-11-5-10(3)12(6-9(11)2)16-13(17)8-15-19/h5-6,8,19H,4,7H2,1-3H3,(H,16,17)/b15-8+. The summed E-state index contributed by atoms with van der Waals surface area (Å²) in [6.45, 7) is 5.78. The molecule has 0 spiro atoms. The number of ether oxygens (including phenoxy) is 1. The molecule has 1 amide bonds. The average Bonchev–Trinajstić information content (AvgIpc) is 2.36. The molecular weight excluding hydrogens is 260 g/mol. The summed E-state index contributed by atoms with van der Waals surface area (Å²) in [5, 5.41) is 13.5. The largest absolute Gasteiger partial charge is 0.466 e. The van der Waals surface area contributed by atoms with Crippen molar-refractivity contribution in [3.05, 3.63) is 28.8 Å². The van der Waals surface area contributed by atoms with Gasteiger partial charge in [0.15, 0.2) is 0 Å². The number of anilines is 1. The highest BCUT2D eigenvalue weighted by atomic mass is 16.5. The maximum Gasteiger partial charge on any atom is 0.310 e. The first-order valence-electron chi connectivity index (χ1n) is 6.22. The molecule has 0 radical (unpaired) electrons. The van der Waals surface area contributed by atoms with Gasteiger partial charge in [-0.1, -0.05) is 11.2 Å². The first kappa shape index (κ1) is 15.7. The third-order valence-electron chi connectivity index (χ3n) is 2.76. The fourth-order valence-corrected chi connectivity index (χ4v) is 1.79. The van der Waals surface area contributed by atoms with Crippen LogP contribution in [0.3, 0.4) is 0 Å². The van der Waals surface area contributed by atoms with E-state index >= 15 is 0 Å². The van der Waals surface area contributed by atoms with Crippen LogP contribution in [0.2, 0.25) is 0 Å². The molecule has 0 heterocycles. The molecule has 1 aromatic carbocycles. The van der Waals surface area contributed by atoms with E-state index in [1.807, 2.05) is 19.9 Å². The van der Waals surface area contributed by atoms with Gasteiger partial charge in [0.1, 0.15) is 6.21 Å². The van der Waals surface area contributed by atoms with Crippen LogP contribution in [0.25, 0.3) is 0 Å². The minimum atomic E-state index is -0.520. The van der Waals surface area contributed by atoms with E-state index < -0.39 is 5.91 Å². The van der Waals surface area contributed by atoms with Crippen LogP contribution in [0.15, 0.2) is 17.3 Å². The summed E-state index contributed by atoms with van der Waals surface area (Å²) in [6.07, 6.45) is 0.980. The monoisotopic (exact) mass is 278 g/mol. The molecule has 0 atom stereocenters. The Bertz CT molecular complexity index is 538. The molecule has 0 aromatic heterocycles. The van der Waals surface area contributed by atoms with E-state index in [0.717, 1.165) is 22.9 Å². The molecule has 0 fully saturated rings. The third kappa shape index (κ3) is 4.38. The van der Waals surface area contributed by atoms with Gasteiger partial charge in [-0.3, -0.25) is 9.59 Å². The molecule has 20 heavy (non-hydrogen) atoms. The van der Waals surface area contributed by atoms with E-state index in [2.05, 4.69) is 10.5 Å². The van der Waals surface area contributed by atoms with Gasteiger partial charge >= 0.3 is 5.97 Å². The van der Waals surface area contributed by atoms with E-state index in [9.17, 15) is 9.59 Å².